The van der Waals surface area contributed by atoms with Crippen molar-refractivity contribution in [3.8, 4) is 16.9 Å². The lowest BCUT2D eigenvalue weighted by Crippen LogP contribution is -2.29. The molecule has 1 aromatic carbocycles. The second-order valence-electron chi connectivity index (χ2n) is 6.37. The van der Waals surface area contributed by atoms with Gasteiger partial charge in [0.2, 0.25) is 0 Å². The Hall–Kier alpha value is -1.95. The van der Waals surface area contributed by atoms with Crippen LogP contribution in [-0.2, 0) is 16.9 Å². The van der Waals surface area contributed by atoms with Crippen LogP contribution in [0.2, 0.25) is 0 Å². The van der Waals surface area contributed by atoms with Gasteiger partial charge in [-0.15, -0.1) is 0 Å². The van der Waals surface area contributed by atoms with Gasteiger partial charge >= 0.3 is 0 Å². The normalized spacial score (nSPS) is 26.1. The fourth-order valence-corrected chi connectivity index (χ4v) is 3.30. The van der Waals surface area contributed by atoms with Gasteiger partial charge < -0.3 is 19.7 Å². The lowest BCUT2D eigenvalue weighted by atomic mass is 9.87. The highest BCUT2D eigenvalue weighted by molar-refractivity contribution is 5.70. The number of hydrogen-bond acceptors (Lipinski definition) is 5. The van der Waals surface area contributed by atoms with Crippen molar-refractivity contribution in [1.29, 1.82) is 0 Å². The molecule has 2 unspecified atom stereocenters. The Morgan fingerprint density at radius 1 is 1.30 bits per heavy atom. The zero-order valence-corrected chi connectivity index (χ0v) is 13.0. The van der Waals surface area contributed by atoms with Crippen LogP contribution in [-0.4, -0.2) is 28.4 Å². The number of fused-ring (bicyclic) bond motifs is 2. The average molecular weight is 313 g/mol. The molecule has 2 aliphatic rings. The summed E-state index contributed by atoms with van der Waals surface area (Å²) in [4.78, 5) is 4.26. The molecule has 5 heteroatoms. The van der Waals surface area contributed by atoms with E-state index < -0.39 is 11.7 Å². The Morgan fingerprint density at radius 2 is 2.17 bits per heavy atom. The third-order valence-electron chi connectivity index (χ3n) is 4.69. The molecule has 0 saturated heterocycles. The maximum absolute atomic E-state index is 10.6. The van der Waals surface area contributed by atoms with E-state index in [4.69, 9.17) is 9.47 Å². The van der Waals surface area contributed by atoms with Gasteiger partial charge in [0.15, 0.2) is 0 Å². The van der Waals surface area contributed by atoms with Crippen LogP contribution >= 0.6 is 0 Å². The molecule has 3 heterocycles. The standard InChI is InChI=1S/C18H19NO4/c1-18(21)4-5-23-17-3-2-11(6-15(17)18)12-7-19-8-13-14(12)9-22-10-16(13)20/h2-3,6-8,16,20-21H,4-5,9-10H2,1H3. The van der Waals surface area contributed by atoms with Crippen LogP contribution < -0.4 is 4.74 Å². The molecule has 1 aromatic heterocycles. The largest absolute Gasteiger partial charge is 0.493 e. The number of ether oxygens (including phenoxy) is 2. The summed E-state index contributed by atoms with van der Waals surface area (Å²) in [6.07, 6.45) is 3.40. The molecule has 2 aliphatic heterocycles. The Bertz CT molecular complexity index is 757. The Kier molecular flexibility index (Phi) is 3.37. The fraction of sp³-hybridized carbons (Fsp3) is 0.389. The van der Waals surface area contributed by atoms with Gasteiger partial charge in [-0.25, -0.2) is 0 Å². The quantitative estimate of drug-likeness (QED) is 0.845. The molecule has 0 saturated carbocycles. The van der Waals surface area contributed by atoms with Crippen molar-refractivity contribution < 1.29 is 19.7 Å². The van der Waals surface area contributed by atoms with Gasteiger partial charge in [-0.2, -0.15) is 0 Å². The van der Waals surface area contributed by atoms with Gasteiger partial charge in [0.1, 0.15) is 11.9 Å². The molecule has 0 radical (unpaired) electrons. The minimum Gasteiger partial charge on any atom is -0.493 e. The molecule has 120 valence electrons. The van der Waals surface area contributed by atoms with Gasteiger partial charge in [-0.3, -0.25) is 4.98 Å². The fourth-order valence-electron chi connectivity index (χ4n) is 3.30. The highest BCUT2D eigenvalue weighted by atomic mass is 16.5. The number of pyridine rings is 1. The summed E-state index contributed by atoms with van der Waals surface area (Å²) in [6.45, 7) is 3.07. The van der Waals surface area contributed by atoms with Crippen LogP contribution in [0.25, 0.3) is 11.1 Å². The number of aliphatic hydroxyl groups is 2. The third kappa shape index (κ3) is 2.41. The molecule has 5 nitrogen and oxygen atoms in total. The first-order chi connectivity index (χ1) is 11.1. The summed E-state index contributed by atoms with van der Waals surface area (Å²) in [5.41, 5.74) is 3.52. The highest BCUT2D eigenvalue weighted by Gasteiger charge is 2.31. The van der Waals surface area contributed by atoms with Gasteiger partial charge in [0.05, 0.1) is 25.4 Å². The number of benzene rings is 1. The van der Waals surface area contributed by atoms with Crippen molar-refractivity contribution in [3.63, 3.8) is 0 Å². The van der Waals surface area contributed by atoms with E-state index in [0.717, 1.165) is 33.6 Å². The molecule has 0 bridgehead atoms. The zero-order valence-electron chi connectivity index (χ0n) is 13.0. The van der Waals surface area contributed by atoms with Crippen LogP contribution in [0.1, 0.15) is 36.1 Å². The van der Waals surface area contributed by atoms with E-state index in [1.54, 1.807) is 12.4 Å². The number of rotatable bonds is 1. The summed E-state index contributed by atoms with van der Waals surface area (Å²) in [5.74, 6) is 0.721. The summed E-state index contributed by atoms with van der Waals surface area (Å²) < 4.78 is 11.1. The van der Waals surface area contributed by atoms with E-state index >= 15 is 0 Å². The van der Waals surface area contributed by atoms with Crippen LogP contribution in [0.3, 0.4) is 0 Å². The molecule has 0 spiro atoms. The smallest absolute Gasteiger partial charge is 0.125 e. The van der Waals surface area contributed by atoms with Gasteiger partial charge in [0, 0.05) is 35.5 Å². The Balaban J connectivity index is 1.85. The molecular formula is C18H19NO4. The maximum Gasteiger partial charge on any atom is 0.125 e. The van der Waals surface area contributed by atoms with E-state index in [9.17, 15) is 10.2 Å². The number of nitrogens with zero attached hydrogens (tertiary/aromatic N) is 1. The molecule has 0 fully saturated rings. The SMILES string of the molecule is CC1(O)CCOc2ccc(-c3cncc4c3COCC4O)cc21. The number of hydrogen-bond donors (Lipinski definition) is 2. The molecule has 2 aromatic rings. The first-order valence-electron chi connectivity index (χ1n) is 7.79. The molecule has 2 atom stereocenters. The lowest BCUT2D eigenvalue weighted by Gasteiger charge is -2.31. The molecule has 0 aliphatic carbocycles. The van der Waals surface area contributed by atoms with Crippen molar-refractivity contribution in [2.45, 2.75) is 31.7 Å². The molecular weight excluding hydrogens is 294 g/mol. The van der Waals surface area contributed by atoms with E-state index in [1.807, 2.05) is 25.1 Å². The molecule has 0 amide bonds. The summed E-state index contributed by atoms with van der Waals surface area (Å²) in [6, 6.07) is 5.79. The van der Waals surface area contributed by atoms with Gasteiger partial charge in [-0.1, -0.05) is 6.07 Å². The zero-order chi connectivity index (χ0) is 16.0. The van der Waals surface area contributed by atoms with Crippen molar-refractivity contribution in [2.75, 3.05) is 13.2 Å². The Morgan fingerprint density at radius 3 is 3.04 bits per heavy atom. The maximum atomic E-state index is 10.6. The van der Waals surface area contributed by atoms with E-state index in [2.05, 4.69) is 4.98 Å². The molecule has 2 N–H and O–H groups in total. The van der Waals surface area contributed by atoms with Crippen LogP contribution in [0.4, 0.5) is 0 Å². The van der Waals surface area contributed by atoms with Gasteiger partial charge in [-0.05, 0) is 30.2 Å². The highest BCUT2D eigenvalue weighted by Crippen LogP contribution is 2.40. The third-order valence-corrected chi connectivity index (χ3v) is 4.69. The predicted molar refractivity (Wildman–Crippen MR) is 84.0 cm³/mol. The van der Waals surface area contributed by atoms with Crippen molar-refractivity contribution in [2.24, 2.45) is 0 Å². The van der Waals surface area contributed by atoms with Crippen molar-refractivity contribution in [3.05, 3.63) is 47.3 Å². The summed E-state index contributed by atoms with van der Waals surface area (Å²) >= 11 is 0. The lowest BCUT2D eigenvalue weighted by molar-refractivity contribution is 0.00976. The van der Waals surface area contributed by atoms with Crippen molar-refractivity contribution >= 4 is 0 Å². The predicted octanol–water partition coefficient (Wildman–Crippen LogP) is 2.30. The van der Waals surface area contributed by atoms with Crippen LogP contribution in [0, 0.1) is 0 Å². The first kappa shape index (κ1) is 14.6. The Labute approximate surface area is 134 Å². The molecule has 23 heavy (non-hydrogen) atoms. The average Bonchev–Trinajstić information content (AvgIpc) is 2.54. The minimum absolute atomic E-state index is 0.297. The topological polar surface area (TPSA) is 71.8 Å². The van der Waals surface area contributed by atoms with Crippen LogP contribution in [0.5, 0.6) is 5.75 Å². The summed E-state index contributed by atoms with van der Waals surface area (Å²) in [5, 5.41) is 20.7. The number of aromatic nitrogens is 1. The minimum atomic E-state index is -0.901. The van der Waals surface area contributed by atoms with Crippen molar-refractivity contribution in [1.82, 2.24) is 4.98 Å². The second-order valence-corrected chi connectivity index (χ2v) is 6.37. The molecule has 4 rings (SSSR count). The first-order valence-corrected chi connectivity index (χ1v) is 7.79. The van der Waals surface area contributed by atoms with Gasteiger partial charge in [0.25, 0.3) is 0 Å². The second kappa shape index (κ2) is 5.30. The summed E-state index contributed by atoms with van der Waals surface area (Å²) in [7, 11) is 0. The monoisotopic (exact) mass is 313 g/mol. The van der Waals surface area contributed by atoms with E-state index in [0.29, 0.717) is 26.2 Å². The number of aliphatic hydroxyl groups excluding tert-OH is 1. The van der Waals surface area contributed by atoms with E-state index in [-0.39, 0.29) is 0 Å². The van der Waals surface area contributed by atoms with E-state index in [1.165, 1.54) is 0 Å². The van der Waals surface area contributed by atoms with Crippen LogP contribution in [0.15, 0.2) is 30.6 Å².